The van der Waals surface area contributed by atoms with Gasteiger partial charge in [-0.25, -0.2) is 4.98 Å². The van der Waals surface area contributed by atoms with Crippen molar-refractivity contribution in [3.63, 3.8) is 0 Å². The lowest BCUT2D eigenvalue weighted by Crippen LogP contribution is -2.18. The first kappa shape index (κ1) is 8.76. The van der Waals surface area contributed by atoms with Gasteiger partial charge in [-0.05, 0) is 6.92 Å². The molecule has 0 aliphatic carbocycles. The molecule has 0 fully saturated rings. The zero-order valence-corrected chi connectivity index (χ0v) is 6.09. The number of alkyl halides is 3. The Morgan fingerprint density at radius 3 is 2.58 bits per heavy atom. The van der Waals surface area contributed by atoms with Gasteiger partial charge in [-0.2, -0.15) is 4.98 Å². The van der Waals surface area contributed by atoms with Crippen LogP contribution in [0.3, 0.4) is 0 Å². The highest BCUT2D eigenvalue weighted by Crippen LogP contribution is 2.19. The smallest absolute Gasteiger partial charge is 0.388 e. The molecule has 0 spiro atoms. The second-order valence-electron chi connectivity index (χ2n) is 1.99. The Bertz CT molecular complexity index is 274. The van der Waals surface area contributed by atoms with Gasteiger partial charge >= 0.3 is 6.36 Å². The Balaban J connectivity index is 2.77. The van der Waals surface area contributed by atoms with Crippen molar-refractivity contribution in [2.24, 2.45) is 0 Å². The van der Waals surface area contributed by atoms with Crippen LogP contribution in [-0.2, 0) is 0 Å². The fourth-order valence-electron chi connectivity index (χ4n) is 0.610. The minimum Gasteiger partial charge on any atom is -0.388 e. The normalized spacial score (nSPS) is 11.3. The molecule has 0 aromatic carbocycles. The van der Waals surface area contributed by atoms with Crippen molar-refractivity contribution in [1.82, 2.24) is 9.97 Å². The molecule has 0 saturated carbocycles. The van der Waals surface area contributed by atoms with Crippen LogP contribution in [0.15, 0.2) is 12.3 Å². The fourth-order valence-corrected chi connectivity index (χ4v) is 0.610. The molecule has 3 nitrogen and oxygen atoms in total. The number of aromatic nitrogens is 2. The Labute approximate surface area is 66.2 Å². The first-order valence-electron chi connectivity index (χ1n) is 3.03. The van der Waals surface area contributed by atoms with Gasteiger partial charge in [-0.1, -0.05) is 0 Å². The third-order valence-corrected chi connectivity index (χ3v) is 0.971. The van der Waals surface area contributed by atoms with Crippen LogP contribution in [0.5, 0.6) is 5.88 Å². The summed E-state index contributed by atoms with van der Waals surface area (Å²) in [6.07, 6.45) is -3.50. The average molecular weight is 178 g/mol. The van der Waals surface area contributed by atoms with E-state index in [9.17, 15) is 13.2 Å². The van der Waals surface area contributed by atoms with E-state index in [1.807, 2.05) is 0 Å². The second-order valence-corrected chi connectivity index (χ2v) is 1.99. The standard InChI is InChI=1S/C6H5F3N2O/c1-4-10-3-2-5(11-4)12-6(7,8)9/h2-3H,1H3. The number of hydrogen-bond donors (Lipinski definition) is 0. The Kier molecular flexibility index (Phi) is 2.16. The first-order chi connectivity index (χ1) is 5.47. The van der Waals surface area contributed by atoms with E-state index in [0.29, 0.717) is 0 Å². The maximum atomic E-state index is 11.6. The topological polar surface area (TPSA) is 35.0 Å². The molecule has 6 heteroatoms. The third-order valence-electron chi connectivity index (χ3n) is 0.971. The summed E-state index contributed by atoms with van der Waals surface area (Å²) >= 11 is 0. The molecule has 66 valence electrons. The number of rotatable bonds is 1. The highest BCUT2D eigenvalue weighted by Gasteiger charge is 2.31. The SMILES string of the molecule is Cc1nccc(OC(F)(F)F)n1. The summed E-state index contributed by atoms with van der Waals surface area (Å²) in [5.74, 6) is -0.258. The highest BCUT2D eigenvalue weighted by atomic mass is 19.4. The number of hydrogen-bond acceptors (Lipinski definition) is 3. The molecule has 0 unspecified atom stereocenters. The van der Waals surface area contributed by atoms with Crippen molar-refractivity contribution in [3.05, 3.63) is 18.1 Å². The molecule has 0 aliphatic heterocycles. The van der Waals surface area contributed by atoms with E-state index < -0.39 is 12.2 Å². The molecule has 0 bridgehead atoms. The van der Waals surface area contributed by atoms with E-state index in [1.165, 1.54) is 13.1 Å². The van der Waals surface area contributed by atoms with Gasteiger partial charge in [0.2, 0.25) is 5.88 Å². The molecule has 1 aromatic rings. The van der Waals surface area contributed by atoms with Gasteiger partial charge in [0.15, 0.2) is 0 Å². The lowest BCUT2D eigenvalue weighted by atomic mass is 10.6. The van der Waals surface area contributed by atoms with E-state index in [0.717, 1.165) is 6.07 Å². The van der Waals surface area contributed by atoms with Crippen molar-refractivity contribution in [1.29, 1.82) is 0 Å². The molecular formula is C6H5F3N2O. The van der Waals surface area contributed by atoms with Gasteiger partial charge in [-0.3, -0.25) is 0 Å². The van der Waals surface area contributed by atoms with Crippen LogP contribution in [0, 0.1) is 6.92 Å². The third kappa shape index (κ3) is 2.73. The van der Waals surface area contributed by atoms with Crippen molar-refractivity contribution in [2.75, 3.05) is 0 Å². The van der Waals surface area contributed by atoms with Crippen molar-refractivity contribution >= 4 is 0 Å². The maximum absolute atomic E-state index is 11.6. The van der Waals surface area contributed by atoms with E-state index in [4.69, 9.17) is 0 Å². The van der Waals surface area contributed by atoms with Crippen LogP contribution in [0.4, 0.5) is 13.2 Å². The Morgan fingerprint density at radius 1 is 1.42 bits per heavy atom. The van der Waals surface area contributed by atoms with Gasteiger partial charge in [-0.15, -0.1) is 13.2 Å². The van der Waals surface area contributed by atoms with E-state index in [-0.39, 0.29) is 5.82 Å². The van der Waals surface area contributed by atoms with Crippen LogP contribution in [0.1, 0.15) is 5.82 Å². The molecule has 0 saturated heterocycles. The van der Waals surface area contributed by atoms with E-state index in [1.54, 1.807) is 0 Å². The summed E-state index contributed by atoms with van der Waals surface area (Å²) in [6.45, 7) is 1.48. The summed E-state index contributed by atoms with van der Waals surface area (Å²) in [7, 11) is 0. The Morgan fingerprint density at radius 2 is 2.08 bits per heavy atom. The van der Waals surface area contributed by atoms with Crippen LogP contribution >= 0.6 is 0 Å². The first-order valence-corrected chi connectivity index (χ1v) is 3.03. The van der Waals surface area contributed by atoms with Crippen molar-refractivity contribution < 1.29 is 17.9 Å². The molecule has 1 heterocycles. The molecular weight excluding hydrogens is 173 g/mol. The number of nitrogens with zero attached hydrogens (tertiary/aromatic N) is 2. The highest BCUT2D eigenvalue weighted by molar-refractivity contribution is 5.07. The fraction of sp³-hybridized carbons (Fsp3) is 0.333. The molecule has 0 radical (unpaired) electrons. The van der Waals surface area contributed by atoms with Gasteiger partial charge in [0.1, 0.15) is 5.82 Å². The summed E-state index contributed by atoms with van der Waals surface area (Å²) in [5.41, 5.74) is 0. The van der Waals surface area contributed by atoms with Gasteiger partial charge in [0.25, 0.3) is 0 Å². The van der Waals surface area contributed by atoms with E-state index in [2.05, 4.69) is 14.7 Å². The van der Waals surface area contributed by atoms with Crippen molar-refractivity contribution in [2.45, 2.75) is 13.3 Å². The van der Waals surface area contributed by atoms with Gasteiger partial charge in [0.05, 0.1) is 0 Å². The van der Waals surface area contributed by atoms with Crippen LogP contribution < -0.4 is 4.74 Å². The molecule has 0 N–H and O–H groups in total. The number of ether oxygens (including phenoxy) is 1. The van der Waals surface area contributed by atoms with Gasteiger partial charge in [0, 0.05) is 12.3 Å². The monoisotopic (exact) mass is 178 g/mol. The quantitative estimate of drug-likeness (QED) is 0.656. The molecule has 0 aliphatic rings. The number of halogens is 3. The van der Waals surface area contributed by atoms with Crippen LogP contribution in [0.25, 0.3) is 0 Å². The predicted molar refractivity (Wildman–Crippen MR) is 33.5 cm³/mol. The summed E-state index contributed by atoms with van der Waals surface area (Å²) in [4.78, 5) is 7.02. The van der Waals surface area contributed by atoms with Crippen molar-refractivity contribution in [3.8, 4) is 5.88 Å². The zero-order chi connectivity index (χ0) is 9.19. The van der Waals surface area contributed by atoms with Gasteiger partial charge < -0.3 is 4.74 Å². The minimum absolute atomic E-state index is 0.233. The molecule has 12 heavy (non-hydrogen) atoms. The molecule has 0 atom stereocenters. The summed E-state index contributed by atoms with van der Waals surface area (Å²) in [6, 6.07) is 1.04. The minimum atomic E-state index is -4.69. The summed E-state index contributed by atoms with van der Waals surface area (Å²) < 4.78 is 38.3. The molecule has 1 aromatic heterocycles. The van der Waals surface area contributed by atoms with Crippen LogP contribution in [-0.4, -0.2) is 16.3 Å². The average Bonchev–Trinajstić information content (AvgIpc) is 1.82. The van der Waals surface area contributed by atoms with E-state index >= 15 is 0 Å². The lowest BCUT2D eigenvalue weighted by Gasteiger charge is -2.06. The summed E-state index contributed by atoms with van der Waals surface area (Å²) in [5, 5.41) is 0. The van der Waals surface area contributed by atoms with Crippen LogP contribution in [0.2, 0.25) is 0 Å². The molecule has 1 rings (SSSR count). The second kappa shape index (κ2) is 2.96. The lowest BCUT2D eigenvalue weighted by molar-refractivity contribution is -0.276. The predicted octanol–water partition coefficient (Wildman–Crippen LogP) is 1.68. The maximum Gasteiger partial charge on any atom is 0.574 e. The zero-order valence-electron chi connectivity index (χ0n) is 6.09. The number of aryl methyl sites for hydroxylation is 1. The largest absolute Gasteiger partial charge is 0.574 e. The Hall–Kier alpha value is -1.33. The molecule has 0 amide bonds.